The highest BCUT2D eigenvalue weighted by molar-refractivity contribution is 5.68. The van der Waals surface area contributed by atoms with E-state index in [9.17, 15) is 9.90 Å². The molecule has 0 bridgehead atoms. The normalized spacial score (nSPS) is 15.8. The molecule has 0 aromatic heterocycles. The van der Waals surface area contributed by atoms with Gasteiger partial charge in [0.05, 0.1) is 6.10 Å². The number of carbonyl (C=O) groups is 1. The lowest BCUT2D eigenvalue weighted by molar-refractivity contribution is 0.0467. The predicted molar refractivity (Wildman–Crippen MR) is 64.3 cm³/mol. The van der Waals surface area contributed by atoms with Crippen molar-refractivity contribution >= 4 is 6.09 Å². The van der Waals surface area contributed by atoms with Crippen molar-refractivity contribution in [3.05, 3.63) is 0 Å². The van der Waals surface area contributed by atoms with Gasteiger partial charge in [0.1, 0.15) is 5.60 Å². The Kier molecular flexibility index (Phi) is 5.79. The van der Waals surface area contributed by atoms with Crippen molar-refractivity contribution in [2.24, 2.45) is 5.92 Å². The highest BCUT2D eigenvalue weighted by Crippen LogP contribution is 2.11. The van der Waals surface area contributed by atoms with E-state index in [1.165, 1.54) is 0 Å². The molecule has 1 amide bonds. The van der Waals surface area contributed by atoms with Crippen LogP contribution in [0.5, 0.6) is 0 Å². The zero-order valence-electron chi connectivity index (χ0n) is 11.2. The fourth-order valence-electron chi connectivity index (χ4n) is 1.32. The van der Waals surface area contributed by atoms with Crippen molar-refractivity contribution in [1.29, 1.82) is 0 Å². The first-order valence-corrected chi connectivity index (χ1v) is 5.79. The largest absolute Gasteiger partial charge is 0.444 e. The molecule has 0 aromatic carbocycles. The van der Waals surface area contributed by atoms with Gasteiger partial charge in [-0.25, -0.2) is 4.79 Å². The highest BCUT2D eigenvalue weighted by atomic mass is 16.6. The smallest absolute Gasteiger partial charge is 0.407 e. The molecule has 0 saturated carbocycles. The molecule has 0 aliphatic carbocycles. The number of carbonyl (C=O) groups excluding carboxylic acids is 1. The topological polar surface area (TPSA) is 58.6 Å². The summed E-state index contributed by atoms with van der Waals surface area (Å²) in [4.78, 5) is 11.5. The molecule has 2 atom stereocenters. The Bertz CT molecular complexity index is 219. The summed E-state index contributed by atoms with van der Waals surface area (Å²) in [6, 6.07) is -0.0603. The van der Waals surface area contributed by atoms with E-state index in [4.69, 9.17) is 4.74 Å². The maximum Gasteiger partial charge on any atom is 0.407 e. The second-order valence-corrected chi connectivity index (χ2v) is 5.58. The molecule has 0 heterocycles. The summed E-state index contributed by atoms with van der Waals surface area (Å²) < 4.78 is 5.17. The third-order valence-electron chi connectivity index (χ3n) is 2.10. The van der Waals surface area contributed by atoms with E-state index in [1.54, 1.807) is 6.92 Å². The summed E-state index contributed by atoms with van der Waals surface area (Å²) in [6.45, 7) is 11.2. The van der Waals surface area contributed by atoms with Gasteiger partial charge in [-0.3, -0.25) is 0 Å². The monoisotopic (exact) mass is 231 g/mol. The van der Waals surface area contributed by atoms with E-state index < -0.39 is 17.8 Å². The molecule has 0 radical (unpaired) electrons. The van der Waals surface area contributed by atoms with Gasteiger partial charge in [-0.05, 0) is 40.0 Å². The van der Waals surface area contributed by atoms with Crippen LogP contribution in [-0.2, 0) is 4.74 Å². The zero-order valence-corrected chi connectivity index (χ0v) is 11.2. The van der Waals surface area contributed by atoms with E-state index >= 15 is 0 Å². The molecule has 0 aliphatic rings. The van der Waals surface area contributed by atoms with E-state index in [2.05, 4.69) is 5.32 Å². The van der Waals surface area contributed by atoms with E-state index in [0.29, 0.717) is 6.42 Å². The molecule has 4 heteroatoms. The van der Waals surface area contributed by atoms with Crippen molar-refractivity contribution in [2.45, 2.75) is 65.7 Å². The fraction of sp³-hybridized carbons (Fsp3) is 0.917. The summed E-state index contributed by atoms with van der Waals surface area (Å²) in [6.07, 6.45) is -0.314. The van der Waals surface area contributed by atoms with Crippen molar-refractivity contribution < 1.29 is 14.6 Å². The lowest BCUT2D eigenvalue weighted by Gasteiger charge is -2.26. The van der Waals surface area contributed by atoms with Gasteiger partial charge in [0.2, 0.25) is 0 Å². The van der Waals surface area contributed by atoms with Crippen LogP contribution < -0.4 is 5.32 Å². The fourth-order valence-corrected chi connectivity index (χ4v) is 1.32. The van der Waals surface area contributed by atoms with E-state index in [1.807, 2.05) is 34.6 Å². The van der Waals surface area contributed by atoms with Gasteiger partial charge in [0.25, 0.3) is 0 Å². The Balaban J connectivity index is 4.24. The molecular weight excluding hydrogens is 206 g/mol. The minimum atomic E-state index is -0.490. The van der Waals surface area contributed by atoms with Crippen LogP contribution in [0.25, 0.3) is 0 Å². The van der Waals surface area contributed by atoms with Gasteiger partial charge in [0, 0.05) is 6.04 Å². The Hall–Kier alpha value is -0.770. The van der Waals surface area contributed by atoms with Crippen molar-refractivity contribution in [3.63, 3.8) is 0 Å². The predicted octanol–water partition coefficient (Wildman–Crippen LogP) is 2.31. The molecule has 2 N–H and O–H groups in total. The minimum Gasteiger partial charge on any atom is -0.444 e. The van der Waals surface area contributed by atoms with E-state index in [-0.39, 0.29) is 12.0 Å². The van der Waals surface area contributed by atoms with Gasteiger partial charge in [-0.1, -0.05) is 13.8 Å². The molecule has 4 nitrogen and oxygen atoms in total. The number of rotatable bonds is 4. The Morgan fingerprint density at radius 1 is 1.31 bits per heavy atom. The van der Waals surface area contributed by atoms with Crippen LogP contribution in [0.15, 0.2) is 0 Å². The first kappa shape index (κ1) is 15.2. The van der Waals surface area contributed by atoms with Crippen LogP contribution in [-0.4, -0.2) is 28.9 Å². The highest BCUT2D eigenvalue weighted by Gasteiger charge is 2.22. The van der Waals surface area contributed by atoms with Gasteiger partial charge in [0.15, 0.2) is 0 Å². The average molecular weight is 231 g/mol. The SMILES string of the molecule is CC(C)[C@H](C[C@H](C)O)NC(=O)OC(C)(C)C. The molecule has 0 unspecified atom stereocenters. The average Bonchev–Trinajstić information content (AvgIpc) is 1.97. The third kappa shape index (κ3) is 7.51. The number of nitrogens with one attached hydrogen (secondary N) is 1. The Morgan fingerprint density at radius 2 is 1.81 bits per heavy atom. The molecule has 0 fully saturated rings. The number of aliphatic hydroxyl groups is 1. The van der Waals surface area contributed by atoms with Crippen LogP contribution in [0.4, 0.5) is 4.79 Å². The molecule has 16 heavy (non-hydrogen) atoms. The molecule has 0 aromatic rings. The maximum atomic E-state index is 11.5. The molecule has 0 spiro atoms. The summed E-state index contributed by atoms with van der Waals surface area (Å²) in [5, 5.41) is 12.1. The number of hydrogen-bond acceptors (Lipinski definition) is 3. The Labute approximate surface area is 98.4 Å². The summed E-state index contributed by atoms with van der Waals surface area (Å²) in [5.74, 6) is 0.266. The zero-order chi connectivity index (χ0) is 12.9. The molecule has 0 rings (SSSR count). The third-order valence-corrected chi connectivity index (χ3v) is 2.10. The molecule has 0 aliphatic heterocycles. The number of hydrogen-bond donors (Lipinski definition) is 2. The van der Waals surface area contributed by atoms with Crippen LogP contribution in [0.3, 0.4) is 0 Å². The number of ether oxygens (including phenoxy) is 1. The lowest BCUT2D eigenvalue weighted by Crippen LogP contribution is -2.43. The standard InChI is InChI=1S/C12H25NO3/c1-8(2)10(7-9(3)14)13-11(15)16-12(4,5)6/h8-10,14H,7H2,1-6H3,(H,13,15)/t9-,10-/m0/s1. The number of alkyl carbamates (subject to hydrolysis) is 1. The van der Waals surface area contributed by atoms with Crippen molar-refractivity contribution in [3.8, 4) is 0 Å². The van der Waals surface area contributed by atoms with Gasteiger partial charge >= 0.3 is 6.09 Å². The quantitative estimate of drug-likeness (QED) is 0.780. The molecule has 0 saturated heterocycles. The molecule has 96 valence electrons. The first-order chi connectivity index (χ1) is 7.11. The lowest BCUT2D eigenvalue weighted by atomic mass is 9.99. The van der Waals surface area contributed by atoms with E-state index in [0.717, 1.165) is 0 Å². The van der Waals surface area contributed by atoms with Gasteiger partial charge < -0.3 is 15.2 Å². The first-order valence-electron chi connectivity index (χ1n) is 5.79. The van der Waals surface area contributed by atoms with Crippen molar-refractivity contribution in [2.75, 3.05) is 0 Å². The summed E-state index contributed by atoms with van der Waals surface area (Å²) in [7, 11) is 0. The summed E-state index contributed by atoms with van der Waals surface area (Å²) >= 11 is 0. The van der Waals surface area contributed by atoms with Crippen molar-refractivity contribution in [1.82, 2.24) is 5.32 Å². The van der Waals surface area contributed by atoms with Crippen LogP contribution in [0.1, 0.15) is 48.0 Å². The number of aliphatic hydroxyl groups excluding tert-OH is 1. The Morgan fingerprint density at radius 3 is 2.12 bits per heavy atom. The minimum absolute atomic E-state index is 0.0603. The van der Waals surface area contributed by atoms with Crippen LogP contribution in [0.2, 0.25) is 0 Å². The van der Waals surface area contributed by atoms with Crippen LogP contribution >= 0.6 is 0 Å². The second-order valence-electron chi connectivity index (χ2n) is 5.58. The summed E-state index contributed by atoms with van der Waals surface area (Å²) in [5.41, 5.74) is -0.490. The van der Waals surface area contributed by atoms with Gasteiger partial charge in [-0.2, -0.15) is 0 Å². The number of amides is 1. The molecular formula is C12H25NO3. The van der Waals surface area contributed by atoms with Crippen LogP contribution in [0, 0.1) is 5.92 Å². The second kappa shape index (κ2) is 6.09. The van der Waals surface area contributed by atoms with Gasteiger partial charge in [-0.15, -0.1) is 0 Å². The maximum absolute atomic E-state index is 11.5.